The lowest BCUT2D eigenvalue weighted by molar-refractivity contribution is -0.120. The van der Waals surface area contributed by atoms with Gasteiger partial charge in [0.25, 0.3) is 0 Å². The molecule has 0 saturated carbocycles. The molecule has 1 aliphatic heterocycles. The standard InChI is InChI=1S/C25H30N4O4S/c1-4-33-23-12-10-21(11-13-23)26-25(30)20-14-16-28(17-15-20)34(31,32)24-18(2)27-29(19(24)3)22-8-6-5-7-9-22/h5-13,20H,4,14-17H2,1-3H3,(H,26,30). The summed E-state index contributed by atoms with van der Waals surface area (Å²) >= 11 is 0. The molecule has 1 amide bonds. The van der Waals surface area contributed by atoms with Crippen LogP contribution in [0.2, 0.25) is 0 Å². The van der Waals surface area contributed by atoms with Crippen molar-refractivity contribution in [2.45, 2.75) is 38.5 Å². The maximum absolute atomic E-state index is 13.5. The Kier molecular flexibility index (Phi) is 7.04. The highest BCUT2D eigenvalue weighted by atomic mass is 32.2. The van der Waals surface area contributed by atoms with Crippen molar-refractivity contribution in [3.63, 3.8) is 0 Å². The molecule has 34 heavy (non-hydrogen) atoms. The van der Waals surface area contributed by atoms with E-state index in [1.807, 2.05) is 49.4 Å². The molecule has 0 aliphatic carbocycles. The van der Waals surface area contributed by atoms with Crippen LogP contribution in [0.25, 0.3) is 5.69 Å². The molecule has 8 nitrogen and oxygen atoms in total. The van der Waals surface area contributed by atoms with E-state index in [4.69, 9.17) is 4.74 Å². The third-order valence-electron chi connectivity index (χ3n) is 6.08. The molecule has 2 aromatic carbocycles. The summed E-state index contributed by atoms with van der Waals surface area (Å²) in [4.78, 5) is 13.0. The first kappa shape index (κ1) is 24.0. The van der Waals surface area contributed by atoms with Crippen LogP contribution in [0.3, 0.4) is 0 Å². The van der Waals surface area contributed by atoms with E-state index in [1.54, 1.807) is 30.7 Å². The number of carbonyl (C=O) groups is 1. The summed E-state index contributed by atoms with van der Waals surface area (Å²) in [6.45, 7) is 6.57. The molecule has 1 fully saturated rings. The minimum atomic E-state index is -3.72. The number of carbonyl (C=O) groups excluding carboxylic acids is 1. The predicted molar refractivity (Wildman–Crippen MR) is 131 cm³/mol. The first-order valence-corrected chi connectivity index (χ1v) is 12.9. The molecule has 0 bridgehead atoms. The van der Waals surface area contributed by atoms with E-state index in [0.29, 0.717) is 49.6 Å². The fourth-order valence-electron chi connectivity index (χ4n) is 4.36. The highest BCUT2D eigenvalue weighted by molar-refractivity contribution is 7.89. The second-order valence-electron chi connectivity index (χ2n) is 8.37. The van der Waals surface area contributed by atoms with Crippen molar-refractivity contribution in [2.75, 3.05) is 25.0 Å². The van der Waals surface area contributed by atoms with Crippen LogP contribution in [-0.2, 0) is 14.8 Å². The smallest absolute Gasteiger partial charge is 0.246 e. The number of sulfonamides is 1. The van der Waals surface area contributed by atoms with E-state index in [0.717, 1.165) is 11.4 Å². The van der Waals surface area contributed by atoms with Gasteiger partial charge in [-0.3, -0.25) is 4.79 Å². The molecule has 0 spiro atoms. The number of nitrogens with one attached hydrogen (secondary N) is 1. The number of amides is 1. The highest BCUT2D eigenvalue weighted by Crippen LogP contribution is 2.29. The predicted octanol–water partition coefficient (Wildman–Crippen LogP) is 3.93. The van der Waals surface area contributed by atoms with Gasteiger partial charge in [-0.1, -0.05) is 18.2 Å². The van der Waals surface area contributed by atoms with Crippen LogP contribution in [0.5, 0.6) is 5.75 Å². The molecule has 2 heterocycles. The second-order valence-corrected chi connectivity index (χ2v) is 10.2. The average Bonchev–Trinajstić information content (AvgIpc) is 3.15. The Hall–Kier alpha value is -3.17. The van der Waals surface area contributed by atoms with Crippen LogP contribution < -0.4 is 10.1 Å². The van der Waals surface area contributed by atoms with E-state index in [-0.39, 0.29) is 16.7 Å². The quantitative estimate of drug-likeness (QED) is 0.551. The van der Waals surface area contributed by atoms with Gasteiger partial charge in [-0.2, -0.15) is 9.40 Å². The number of aryl methyl sites for hydroxylation is 1. The normalized spacial score (nSPS) is 15.3. The zero-order valence-electron chi connectivity index (χ0n) is 19.7. The van der Waals surface area contributed by atoms with E-state index in [2.05, 4.69) is 10.4 Å². The molecule has 0 atom stereocenters. The van der Waals surface area contributed by atoms with Crippen molar-refractivity contribution in [1.29, 1.82) is 0 Å². The van der Waals surface area contributed by atoms with Gasteiger partial charge in [-0.05, 0) is 70.0 Å². The van der Waals surface area contributed by atoms with Gasteiger partial charge in [0.15, 0.2) is 0 Å². The number of nitrogens with zero attached hydrogens (tertiary/aromatic N) is 3. The number of hydrogen-bond acceptors (Lipinski definition) is 5. The number of piperidine rings is 1. The van der Waals surface area contributed by atoms with Crippen LogP contribution in [0, 0.1) is 19.8 Å². The number of benzene rings is 2. The van der Waals surface area contributed by atoms with Crippen LogP contribution in [0.4, 0.5) is 5.69 Å². The summed E-state index contributed by atoms with van der Waals surface area (Å²) in [6.07, 6.45) is 0.931. The Morgan fingerprint density at radius 2 is 1.71 bits per heavy atom. The van der Waals surface area contributed by atoms with E-state index in [9.17, 15) is 13.2 Å². The van der Waals surface area contributed by atoms with Gasteiger partial charge in [0.2, 0.25) is 15.9 Å². The summed E-state index contributed by atoms with van der Waals surface area (Å²) in [6, 6.07) is 16.7. The first-order chi connectivity index (χ1) is 16.3. The van der Waals surface area contributed by atoms with Crippen LogP contribution >= 0.6 is 0 Å². The topological polar surface area (TPSA) is 93.5 Å². The van der Waals surface area contributed by atoms with Crippen LogP contribution in [0.1, 0.15) is 31.2 Å². The van der Waals surface area contributed by atoms with Crippen molar-refractivity contribution in [2.24, 2.45) is 5.92 Å². The molecule has 1 N–H and O–H groups in total. The molecule has 0 unspecified atom stereocenters. The number of rotatable bonds is 7. The number of anilines is 1. The molecule has 1 saturated heterocycles. The Bertz CT molecular complexity index is 1250. The SMILES string of the molecule is CCOc1ccc(NC(=O)C2CCN(S(=O)(=O)c3c(C)nn(-c4ccccc4)c3C)CC2)cc1. The van der Waals surface area contributed by atoms with Crippen molar-refractivity contribution in [3.05, 3.63) is 66.0 Å². The Balaban J connectivity index is 1.43. The van der Waals surface area contributed by atoms with Crippen LogP contribution in [-0.4, -0.2) is 48.1 Å². The van der Waals surface area contributed by atoms with Crippen LogP contribution in [0.15, 0.2) is 59.5 Å². The maximum atomic E-state index is 13.5. The zero-order valence-corrected chi connectivity index (χ0v) is 20.5. The lowest BCUT2D eigenvalue weighted by Crippen LogP contribution is -2.41. The van der Waals surface area contributed by atoms with Gasteiger partial charge in [0.1, 0.15) is 10.6 Å². The monoisotopic (exact) mass is 482 g/mol. The molecule has 9 heteroatoms. The van der Waals surface area contributed by atoms with Gasteiger partial charge < -0.3 is 10.1 Å². The number of para-hydroxylation sites is 1. The van der Waals surface area contributed by atoms with E-state index >= 15 is 0 Å². The summed E-state index contributed by atoms with van der Waals surface area (Å²) < 4.78 is 35.5. The van der Waals surface area contributed by atoms with Crippen molar-refractivity contribution in [1.82, 2.24) is 14.1 Å². The fraction of sp³-hybridized carbons (Fsp3) is 0.360. The molecule has 1 aliphatic rings. The molecule has 180 valence electrons. The third-order valence-corrected chi connectivity index (χ3v) is 8.23. The fourth-order valence-corrected chi connectivity index (χ4v) is 6.18. The summed E-state index contributed by atoms with van der Waals surface area (Å²) in [5.41, 5.74) is 2.56. The van der Waals surface area contributed by atoms with Gasteiger partial charge in [-0.25, -0.2) is 13.1 Å². The van der Waals surface area contributed by atoms with Gasteiger partial charge >= 0.3 is 0 Å². The summed E-state index contributed by atoms with van der Waals surface area (Å²) in [7, 11) is -3.72. The Morgan fingerprint density at radius 3 is 2.32 bits per heavy atom. The van der Waals surface area contributed by atoms with E-state index < -0.39 is 10.0 Å². The van der Waals surface area contributed by atoms with E-state index in [1.165, 1.54) is 4.31 Å². The number of ether oxygens (including phenoxy) is 1. The summed E-state index contributed by atoms with van der Waals surface area (Å²) in [5.74, 6) is 0.415. The zero-order chi connectivity index (χ0) is 24.3. The number of hydrogen-bond donors (Lipinski definition) is 1. The lowest BCUT2D eigenvalue weighted by atomic mass is 9.97. The second kappa shape index (κ2) is 9.99. The molecular weight excluding hydrogens is 452 g/mol. The lowest BCUT2D eigenvalue weighted by Gasteiger charge is -2.30. The molecule has 1 aromatic heterocycles. The third kappa shape index (κ3) is 4.85. The van der Waals surface area contributed by atoms with Crippen molar-refractivity contribution < 1.29 is 17.9 Å². The molecule has 3 aromatic rings. The van der Waals surface area contributed by atoms with Crippen molar-refractivity contribution >= 4 is 21.6 Å². The summed E-state index contributed by atoms with van der Waals surface area (Å²) in [5, 5.41) is 7.42. The van der Waals surface area contributed by atoms with Crippen molar-refractivity contribution in [3.8, 4) is 11.4 Å². The largest absolute Gasteiger partial charge is 0.494 e. The minimum Gasteiger partial charge on any atom is -0.494 e. The Morgan fingerprint density at radius 1 is 1.06 bits per heavy atom. The Labute approximate surface area is 200 Å². The van der Waals surface area contributed by atoms with Gasteiger partial charge in [0, 0.05) is 24.7 Å². The highest BCUT2D eigenvalue weighted by Gasteiger charge is 2.35. The van der Waals surface area contributed by atoms with Gasteiger partial charge in [0.05, 0.1) is 23.7 Å². The molecule has 0 radical (unpaired) electrons. The minimum absolute atomic E-state index is 0.0922. The first-order valence-electron chi connectivity index (χ1n) is 11.5. The molecule has 4 rings (SSSR count). The maximum Gasteiger partial charge on any atom is 0.246 e. The average molecular weight is 483 g/mol. The number of aromatic nitrogens is 2. The van der Waals surface area contributed by atoms with Gasteiger partial charge in [-0.15, -0.1) is 0 Å². The molecular formula is C25H30N4O4S.